The molecule has 0 unspecified atom stereocenters. The van der Waals surface area contributed by atoms with Gasteiger partial charge in [-0.1, -0.05) is 6.07 Å². The molecule has 2 nitrogen and oxygen atoms in total. The maximum atomic E-state index is 12.7. The first-order valence-electron chi connectivity index (χ1n) is 5.94. The Labute approximate surface area is 110 Å². The topological polar surface area (TPSA) is 21.3 Å². The molecule has 0 saturated carbocycles. The summed E-state index contributed by atoms with van der Waals surface area (Å²) in [6.45, 7) is 2.13. The van der Waals surface area contributed by atoms with Crippen LogP contribution in [-0.2, 0) is 11.2 Å². The molecule has 1 heterocycles. The van der Waals surface area contributed by atoms with E-state index in [1.54, 1.807) is 23.5 Å². The zero-order valence-electron chi connectivity index (χ0n) is 10.1. The Morgan fingerprint density at radius 2 is 1.94 bits per heavy atom. The molecule has 96 valence electrons. The van der Waals surface area contributed by atoms with Crippen molar-refractivity contribution in [3.05, 3.63) is 52.5 Å². The van der Waals surface area contributed by atoms with E-state index in [0.717, 1.165) is 25.3 Å². The fraction of sp³-hybridized carbons (Fsp3) is 0.286. The number of halogens is 1. The molecular weight excluding hydrogens is 249 g/mol. The quantitative estimate of drug-likeness (QED) is 0.773. The molecule has 0 aliphatic heterocycles. The maximum absolute atomic E-state index is 12.7. The van der Waals surface area contributed by atoms with Crippen LogP contribution in [0.3, 0.4) is 0 Å². The van der Waals surface area contributed by atoms with E-state index in [1.165, 1.54) is 17.0 Å². The van der Waals surface area contributed by atoms with Gasteiger partial charge < -0.3 is 10.1 Å². The molecule has 0 bridgehead atoms. The summed E-state index contributed by atoms with van der Waals surface area (Å²) in [6.07, 6.45) is 0.966. The van der Waals surface area contributed by atoms with Gasteiger partial charge in [-0.2, -0.15) is 0 Å². The largest absolute Gasteiger partial charge is 0.383 e. The molecule has 0 spiro atoms. The summed E-state index contributed by atoms with van der Waals surface area (Å²) in [4.78, 5) is 1.35. The third-order valence-corrected chi connectivity index (χ3v) is 3.43. The van der Waals surface area contributed by atoms with Crippen LogP contribution in [0.2, 0.25) is 0 Å². The van der Waals surface area contributed by atoms with Crippen LogP contribution in [0, 0.1) is 5.82 Å². The van der Waals surface area contributed by atoms with Gasteiger partial charge in [-0.15, -0.1) is 11.3 Å². The Kier molecular flexibility index (Phi) is 5.17. The van der Waals surface area contributed by atoms with Crippen molar-refractivity contribution >= 4 is 17.0 Å². The highest BCUT2D eigenvalue weighted by Gasteiger charge is 1.95. The van der Waals surface area contributed by atoms with Gasteiger partial charge in [0.25, 0.3) is 0 Å². The number of ether oxygens (including phenoxy) is 1. The lowest BCUT2D eigenvalue weighted by Gasteiger charge is -2.06. The van der Waals surface area contributed by atoms with Crippen molar-refractivity contribution in [2.24, 2.45) is 0 Å². The van der Waals surface area contributed by atoms with Gasteiger partial charge in [0.05, 0.1) is 13.2 Å². The van der Waals surface area contributed by atoms with E-state index in [4.69, 9.17) is 4.74 Å². The number of nitrogens with one attached hydrogen (secondary N) is 1. The monoisotopic (exact) mass is 265 g/mol. The van der Waals surface area contributed by atoms with Gasteiger partial charge in [-0.05, 0) is 35.7 Å². The molecule has 2 rings (SSSR count). The molecule has 0 radical (unpaired) electrons. The number of anilines is 1. The normalized spacial score (nSPS) is 10.5. The highest BCUT2D eigenvalue weighted by atomic mass is 32.1. The van der Waals surface area contributed by atoms with E-state index in [1.807, 2.05) is 0 Å². The minimum Gasteiger partial charge on any atom is -0.383 e. The van der Waals surface area contributed by atoms with E-state index in [9.17, 15) is 4.39 Å². The van der Waals surface area contributed by atoms with Crippen molar-refractivity contribution in [3.8, 4) is 0 Å². The van der Waals surface area contributed by atoms with Crippen LogP contribution in [0.25, 0.3) is 0 Å². The summed E-state index contributed by atoms with van der Waals surface area (Å²) < 4.78 is 18.2. The third kappa shape index (κ3) is 4.47. The SMILES string of the molecule is Fc1ccc(NCCOCCc2cccs2)cc1. The number of thiophene rings is 1. The lowest BCUT2D eigenvalue weighted by atomic mass is 10.3. The Morgan fingerprint density at radius 3 is 2.67 bits per heavy atom. The van der Waals surface area contributed by atoms with E-state index in [0.29, 0.717) is 6.61 Å². The second-order valence-electron chi connectivity index (χ2n) is 3.88. The van der Waals surface area contributed by atoms with Gasteiger partial charge in [-0.3, -0.25) is 0 Å². The second-order valence-corrected chi connectivity index (χ2v) is 4.91. The van der Waals surface area contributed by atoms with Crippen molar-refractivity contribution in [3.63, 3.8) is 0 Å². The van der Waals surface area contributed by atoms with Crippen molar-refractivity contribution < 1.29 is 9.13 Å². The van der Waals surface area contributed by atoms with Gasteiger partial charge >= 0.3 is 0 Å². The fourth-order valence-corrected chi connectivity index (χ4v) is 2.26. The predicted molar refractivity (Wildman–Crippen MR) is 73.7 cm³/mol. The second kappa shape index (κ2) is 7.13. The molecule has 0 aliphatic rings. The van der Waals surface area contributed by atoms with Crippen molar-refractivity contribution in [1.29, 1.82) is 0 Å². The van der Waals surface area contributed by atoms with Crippen molar-refractivity contribution in [1.82, 2.24) is 0 Å². The predicted octanol–water partition coefficient (Wildman–Crippen LogP) is 3.56. The molecule has 0 atom stereocenters. The minimum absolute atomic E-state index is 0.215. The Balaban J connectivity index is 1.55. The highest BCUT2D eigenvalue weighted by Crippen LogP contribution is 2.09. The summed E-state index contributed by atoms with van der Waals surface area (Å²) in [5.74, 6) is -0.215. The van der Waals surface area contributed by atoms with Crippen LogP contribution in [0.15, 0.2) is 41.8 Å². The molecule has 0 saturated heterocycles. The Hall–Kier alpha value is -1.39. The number of benzene rings is 1. The molecule has 1 N–H and O–H groups in total. The minimum atomic E-state index is -0.215. The zero-order chi connectivity index (χ0) is 12.6. The fourth-order valence-electron chi connectivity index (χ4n) is 1.56. The average molecular weight is 265 g/mol. The lowest BCUT2D eigenvalue weighted by molar-refractivity contribution is 0.147. The van der Waals surface area contributed by atoms with E-state index in [2.05, 4.69) is 22.8 Å². The van der Waals surface area contributed by atoms with E-state index < -0.39 is 0 Å². The molecule has 2 aromatic rings. The third-order valence-electron chi connectivity index (χ3n) is 2.49. The number of hydrogen-bond acceptors (Lipinski definition) is 3. The van der Waals surface area contributed by atoms with E-state index in [-0.39, 0.29) is 5.82 Å². The first-order valence-corrected chi connectivity index (χ1v) is 6.82. The maximum Gasteiger partial charge on any atom is 0.123 e. The molecule has 4 heteroatoms. The summed E-state index contributed by atoms with van der Waals surface area (Å²) in [6, 6.07) is 10.5. The van der Waals surface area contributed by atoms with Gasteiger partial charge in [0.1, 0.15) is 5.82 Å². The van der Waals surface area contributed by atoms with Gasteiger partial charge in [0.15, 0.2) is 0 Å². The summed E-state index contributed by atoms with van der Waals surface area (Å²) >= 11 is 1.75. The van der Waals surface area contributed by atoms with Crippen LogP contribution in [0.4, 0.5) is 10.1 Å². The molecule has 18 heavy (non-hydrogen) atoms. The molecule has 0 amide bonds. The van der Waals surface area contributed by atoms with Crippen LogP contribution >= 0.6 is 11.3 Å². The molecule has 1 aromatic heterocycles. The average Bonchev–Trinajstić information content (AvgIpc) is 2.89. The molecular formula is C14H16FNOS. The van der Waals surface area contributed by atoms with Gasteiger partial charge in [0.2, 0.25) is 0 Å². The summed E-state index contributed by atoms with van der Waals surface area (Å²) in [5.41, 5.74) is 0.915. The first-order chi connectivity index (χ1) is 8.84. The van der Waals surface area contributed by atoms with Crippen molar-refractivity contribution in [2.75, 3.05) is 25.1 Å². The van der Waals surface area contributed by atoms with E-state index >= 15 is 0 Å². The van der Waals surface area contributed by atoms with Crippen LogP contribution in [-0.4, -0.2) is 19.8 Å². The standard InChI is InChI=1S/C14H16FNOS/c15-12-3-5-13(6-4-12)16-8-10-17-9-7-14-2-1-11-18-14/h1-6,11,16H,7-10H2. The molecule has 0 aliphatic carbocycles. The van der Waals surface area contributed by atoms with Crippen LogP contribution < -0.4 is 5.32 Å². The Morgan fingerprint density at radius 1 is 1.11 bits per heavy atom. The molecule has 1 aromatic carbocycles. The van der Waals surface area contributed by atoms with Crippen LogP contribution in [0.1, 0.15) is 4.88 Å². The first kappa shape index (κ1) is 13.1. The summed E-state index contributed by atoms with van der Waals surface area (Å²) in [7, 11) is 0. The van der Waals surface area contributed by atoms with Crippen LogP contribution in [0.5, 0.6) is 0 Å². The number of rotatable bonds is 7. The van der Waals surface area contributed by atoms with Gasteiger partial charge in [0, 0.05) is 23.5 Å². The highest BCUT2D eigenvalue weighted by molar-refractivity contribution is 7.09. The molecule has 0 fully saturated rings. The smallest absolute Gasteiger partial charge is 0.123 e. The lowest BCUT2D eigenvalue weighted by Crippen LogP contribution is -2.10. The zero-order valence-corrected chi connectivity index (χ0v) is 10.9. The van der Waals surface area contributed by atoms with Gasteiger partial charge in [-0.25, -0.2) is 4.39 Å². The number of hydrogen-bond donors (Lipinski definition) is 1. The van der Waals surface area contributed by atoms with Crippen molar-refractivity contribution in [2.45, 2.75) is 6.42 Å². The Bertz CT molecular complexity index is 441. The summed E-state index contributed by atoms with van der Waals surface area (Å²) in [5, 5.41) is 5.25.